The molecule has 1 aliphatic rings. The molecule has 0 aromatic heterocycles. The molecule has 0 spiro atoms. The van der Waals surface area contributed by atoms with E-state index in [0.29, 0.717) is 6.61 Å². The van der Waals surface area contributed by atoms with Gasteiger partial charge in [-0.3, -0.25) is 5.32 Å². The van der Waals surface area contributed by atoms with Gasteiger partial charge in [0.15, 0.2) is 0 Å². The highest BCUT2D eigenvalue weighted by molar-refractivity contribution is 4.61. The van der Waals surface area contributed by atoms with Gasteiger partial charge < -0.3 is 9.84 Å². The van der Waals surface area contributed by atoms with E-state index >= 15 is 0 Å². The Morgan fingerprint density at radius 1 is 2.00 bits per heavy atom. The summed E-state index contributed by atoms with van der Waals surface area (Å²) in [6.45, 7) is 1.75. The summed E-state index contributed by atoms with van der Waals surface area (Å²) in [5.41, 5.74) is 0. The number of hydrogen-bond acceptors (Lipinski definition) is 3. The molecule has 1 unspecified atom stereocenters. The molecule has 35 valence electrons. The standard InChI is InChI=1S/C3H6NO2/c5-3-1-6-2-4-3/h2-5H,1H2. The van der Waals surface area contributed by atoms with E-state index in [1.807, 2.05) is 0 Å². The van der Waals surface area contributed by atoms with Gasteiger partial charge in [0.2, 0.25) is 0 Å². The molecular weight excluding hydrogens is 82.0 g/mol. The summed E-state index contributed by atoms with van der Waals surface area (Å²) in [6, 6.07) is 0. The third-order valence-electron chi connectivity index (χ3n) is 0.598. The largest absolute Gasteiger partial charge is 0.376 e. The zero-order valence-corrected chi connectivity index (χ0v) is 3.22. The topological polar surface area (TPSA) is 41.5 Å². The molecule has 1 aliphatic heterocycles. The van der Waals surface area contributed by atoms with Crippen molar-refractivity contribution >= 4 is 0 Å². The molecule has 0 aliphatic carbocycles. The highest BCUT2D eigenvalue weighted by Gasteiger charge is 2.08. The minimum atomic E-state index is -0.481. The Kier molecular flexibility index (Phi) is 1.05. The number of nitrogens with one attached hydrogen (secondary N) is 1. The van der Waals surface area contributed by atoms with Crippen molar-refractivity contribution in [2.45, 2.75) is 6.23 Å². The van der Waals surface area contributed by atoms with Crippen LogP contribution >= 0.6 is 0 Å². The zero-order chi connectivity index (χ0) is 4.41. The number of ether oxygens (including phenoxy) is 1. The van der Waals surface area contributed by atoms with Crippen molar-refractivity contribution in [3.05, 3.63) is 6.73 Å². The number of aliphatic hydroxyl groups excluding tert-OH is 1. The van der Waals surface area contributed by atoms with Gasteiger partial charge in [-0.1, -0.05) is 0 Å². The van der Waals surface area contributed by atoms with E-state index in [0.717, 1.165) is 0 Å². The van der Waals surface area contributed by atoms with E-state index < -0.39 is 6.23 Å². The summed E-state index contributed by atoms with van der Waals surface area (Å²) in [6.07, 6.45) is -0.481. The zero-order valence-electron chi connectivity index (χ0n) is 3.22. The summed E-state index contributed by atoms with van der Waals surface area (Å²) in [5.74, 6) is 0. The van der Waals surface area contributed by atoms with Crippen LogP contribution in [-0.4, -0.2) is 17.9 Å². The first-order valence-corrected chi connectivity index (χ1v) is 1.77. The molecule has 0 amide bonds. The monoisotopic (exact) mass is 88.0 g/mol. The molecule has 2 N–H and O–H groups in total. The van der Waals surface area contributed by atoms with E-state index in [1.54, 1.807) is 0 Å². The Hall–Kier alpha value is -0.120. The van der Waals surface area contributed by atoms with Crippen LogP contribution in [0.1, 0.15) is 0 Å². The molecular formula is C3H6NO2. The molecule has 6 heavy (non-hydrogen) atoms. The van der Waals surface area contributed by atoms with Crippen LogP contribution in [-0.2, 0) is 4.74 Å². The van der Waals surface area contributed by atoms with Crippen LogP contribution in [0.3, 0.4) is 0 Å². The predicted octanol–water partition coefficient (Wildman–Crippen LogP) is -0.956. The lowest BCUT2D eigenvalue weighted by Crippen LogP contribution is -2.19. The van der Waals surface area contributed by atoms with Crippen molar-refractivity contribution in [3.8, 4) is 0 Å². The van der Waals surface area contributed by atoms with Crippen molar-refractivity contribution in [1.82, 2.24) is 5.32 Å². The van der Waals surface area contributed by atoms with Gasteiger partial charge in [-0.05, 0) is 0 Å². The molecule has 1 atom stereocenters. The predicted molar refractivity (Wildman–Crippen MR) is 19.4 cm³/mol. The maximum Gasteiger partial charge on any atom is 0.150 e. The lowest BCUT2D eigenvalue weighted by atomic mass is 10.7. The third-order valence-corrected chi connectivity index (χ3v) is 0.598. The fraction of sp³-hybridized carbons (Fsp3) is 0.667. The Bertz CT molecular complexity index is 42.1. The van der Waals surface area contributed by atoms with Crippen molar-refractivity contribution in [1.29, 1.82) is 0 Å². The van der Waals surface area contributed by atoms with Crippen LogP contribution in [0, 0.1) is 6.73 Å². The van der Waals surface area contributed by atoms with E-state index in [1.165, 1.54) is 6.73 Å². The van der Waals surface area contributed by atoms with Gasteiger partial charge in [0, 0.05) is 0 Å². The lowest BCUT2D eigenvalue weighted by molar-refractivity contribution is 0.131. The van der Waals surface area contributed by atoms with Crippen molar-refractivity contribution in [3.63, 3.8) is 0 Å². The van der Waals surface area contributed by atoms with E-state index in [4.69, 9.17) is 5.11 Å². The minimum Gasteiger partial charge on any atom is -0.376 e. The Morgan fingerprint density at radius 3 is 3.00 bits per heavy atom. The van der Waals surface area contributed by atoms with Gasteiger partial charge in [-0.25, -0.2) is 0 Å². The summed E-state index contributed by atoms with van der Waals surface area (Å²) < 4.78 is 4.57. The van der Waals surface area contributed by atoms with Crippen LogP contribution in [0.4, 0.5) is 0 Å². The van der Waals surface area contributed by atoms with Crippen LogP contribution in [0.5, 0.6) is 0 Å². The molecule has 1 saturated heterocycles. The summed E-state index contributed by atoms with van der Waals surface area (Å²) in [7, 11) is 0. The van der Waals surface area contributed by atoms with E-state index in [-0.39, 0.29) is 0 Å². The van der Waals surface area contributed by atoms with Crippen LogP contribution in [0.15, 0.2) is 0 Å². The van der Waals surface area contributed by atoms with Gasteiger partial charge in [0.05, 0.1) is 6.61 Å². The second-order valence-corrected chi connectivity index (χ2v) is 1.13. The second kappa shape index (κ2) is 1.55. The smallest absolute Gasteiger partial charge is 0.150 e. The Morgan fingerprint density at radius 2 is 2.83 bits per heavy atom. The normalized spacial score (nSPS) is 34.5. The molecule has 1 heterocycles. The fourth-order valence-corrected chi connectivity index (χ4v) is 0.314. The van der Waals surface area contributed by atoms with Gasteiger partial charge in [-0.2, -0.15) is 0 Å². The molecule has 0 aromatic rings. The number of rotatable bonds is 0. The average molecular weight is 88.1 g/mol. The number of hydrogen-bond donors (Lipinski definition) is 2. The lowest BCUT2D eigenvalue weighted by Gasteiger charge is -1.91. The fourth-order valence-electron chi connectivity index (χ4n) is 0.314. The minimum absolute atomic E-state index is 0.375. The van der Waals surface area contributed by atoms with Crippen molar-refractivity contribution in [2.75, 3.05) is 6.61 Å². The quantitative estimate of drug-likeness (QED) is 0.401. The van der Waals surface area contributed by atoms with E-state index in [2.05, 4.69) is 10.1 Å². The van der Waals surface area contributed by atoms with Crippen LogP contribution in [0.25, 0.3) is 0 Å². The average Bonchev–Trinajstić information content (AvgIpc) is 1.86. The molecule has 1 fully saturated rings. The molecule has 0 aromatic carbocycles. The third kappa shape index (κ3) is 0.680. The first-order valence-electron chi connectivity index (χ1n) is 1.77. The summed E-state index contributed by atoms with van der Waals surface area (Å²) in [4.78, 5) is 0. The Labute approximate surface area is 35.9 Å². The molecule has 3 nitrogen and oxygen atoms in total. The molecule has 3 heteroatoms. The SMILES string of the molecule is OC1CO[CH]N1. The van der Waals surface area contributed by atoms with Crippen molar-refractivity contribution in [2.24, 2.45) is 0 Å². The molecule has 1 rings (SSSR count). The molecule has 1 radical (unpaired) electrons. The van der Waals surface area contributed by atoms with Gasteiger partial charge in [0.25, 0.3) is 0 Å². The maximum absolute atomic E-state index is 8.46. The van der Waals surface area contributed by atoms with Gasteiger partial charge in [0.1, 0.15) is 13.0 Å². The highest BCUT2D eigenvalue weighted by Crippen LogP contribution is 1.90. The number of aliphatic hydroxyl groups is 1. The molecule has 0 saturated carbocycles. The van der Waals surface area contributed by atoms with Crippen LogP contribution < -0.4 is 5.32 Å². The van der Waals surface area contributed by atoms with E-state index in [9.17, 15) is 0 Å². The first kappa shape index (κ1) is 4.05. The second-order valence-electron chi connectivity index (χ2n) is 1.13. The highest BCUT2D eigenvalue weighted by atomic mass is 16.5. The van der Waals surface area contributed by atoms with Crippen LogP contribution in [0.2, 0.25) is 0 Å². The van der Waals surface area contributed by atoms with Crippen molar-refractivity contribution < 1.29 is 9.84 Å². The van der Waals surface area contributed by atoms with Gasteiger partial charge in [-0.15, -0.1) is 0 Å². The first-order chi connectivity index (χ1) is 2.89. The Balaban J connectivity index is 2.18. The van der Waals surface area contributed by atoms with Gasteiger partial charge >= 0.3 is 0 Å². The summed E-state index contributed by atoms with van der Waals surface area (Å²) >= 11 is 0. The maximum atomic E-state index is 8.46. The molecule has 0 bridgehead atoms. The summed E-state index contributed by atoms with van der Waals surface area (Å²) in [5, 5.41) is 11.0.